The molecule has 3 fully saturated rings. The maximum Gasteiger partial charge on any atom is 0.312 e. The summed E-state index contributed by atoms with van der Waals surface area (Å²) in [4.78, 5) is 45.4. The van der Waals surface area contributed by atoms with E-state index in [1.165, 1.54) is 0 Å². The van der Waals surface area contributed by atoms with Crippen LogP contribution in [-0.4, -0.2) is 81.8 Å². The summed E-state index contributed by atoms with van der Waals surface area (Å²) in [6.45, 7) is 20.4. The number of rotatable bonds is 11. The van der Waals surface area contributed by atoms with Crippen LogP contribution in [0.15, 0.2) is 12.7 Å². The molecule has 3 rings (SSSR count). The molecular weight excluding hydrogens is 472 g/mol. The first-order valence-corrected chi connectivity index (χ1v) is 13.9. The minimum atomic E-state index is -1.12. The SMILES string of the molecule is C=CCN(C(=O)[C@@H]1N([C@@H](CO)[C@@H](C)CC)C(=O)[C@H]2[C@H](C(=O)OCC)[C@@H]3CC[C@]12O3)C(C)(C)CC(C)(C)C. The van der Waals surface area contributed by atoms with Crippen molar-refractivity contribution in [3.63, 3.8) is 0 Å². The molecule has 0 aromatic heterocycles. The van der Waals surface area contributed by atoms with E-state index in [9.17, 15) is 19.5 Å². The zero-order valence-corrected chi connectivity index (χ0v) is 24.1. The van der Waals surface area contributed by atoms with E-state index in [2.05, 4.69) is 27.4 Å². The number of fused-ring (bicyclic) bond motifs is 1. The molecule has 7 atom stereocenters. The number of aliphatic hydroxyl groups excluding tert-OH is 1. The highest BCUT2D eigenvalue weighted by Gasteiger charge is 2.76. The molecule has 0 aromatic carbocycles. The van der Waals surface area contributed by atoms with Crippen LogP contribution in [0.4, 0.5) is 0 Å². The van der Waals surface area contributed by atoms with E-state index in [1.54, 1.807) is 17.9 Å². The van der Waals surface area contributed by atoms with E-state index in [4.69, 9.17) is 9.47 Å². The lowest BCUT2D eigenvalue weighted by Crippen LogP contribution is -2.63. The smallest absolute Gasteiger partial charge is 0.312 e. The van der Waals surface area contributed by atoms with Gasteiger partial charge < -0.3 is 24.4 Å². The number of esters is 1. The molecule has 3 aliphatic rings. The molecule has 2 bridgehead atoms. The molecule has 0 unspecified atom stereocenters. The summed E-state index contributed by atoms with van der Waals surface area (Å²) in [5, 5.41) is 10.5. The number of amides is 2. The van der Waals surface area contributed by atoms with Gasteiger partial charge in [0.1, 0.15) is 11.6 Å². The van der Waals surface area contributed by atoms with Crippen molar-refractivity contribution in [3.8, 4) is 0 Å². The minimum absolute atomic E-state index is 0.0448. The van der Waals surface area contributed by atoms with Gasteiger partial charge in [-0.25, -0.2) is 0 Å². The highest BCUT2D eigenvalue weighted by atomic mass is 16.6. The molecule has 2 amide bonds. The molecule has 0 aromatic rings. The van der Waals surface area contributed by atoms with Crippen molar-refractivity contribution >= 4 is 17.8 Å². The van der Waals surface area contributed by atoms with Gasteiger partial charge in [-0.3, -0.25) is 14.4 Å². The quantitative estimate of drug-likeness (QED) is 0.331. The third-order valence-electron chi connectivity index (χ3n) is 8.65. The molecule has 3 heterocycles. The van der Waals surface area contributed by atoms with Gasteiger partial charge in [0.25, 0.3) is 0 Å². The number of likely N-dealkylation sites (tertiary alicyclic amines) is 1. The lowest BCUT2D eigenvalue weighted by molar-refractivity contribution is -0.158. The summed E-state index contributed by atoms with van der Waals surface area (Å²) < 4.78 is 11.9. The molecule has 8 heteroatoms. The summed E-state index contributed by atoms with van der Waals surface area (Å²) in [5.41, 5.74) is -1.69. The zero-order chi connectivity index (χ0) is 27.9. The Morgan fingerprint density at radius 1 is 1.30 bits per heavy atom. The van der Waals surface area contributed by atoms with E-state index >= 15 is 0 Å². The van der Waals surface area contributed by atoms with Gasteiger partial charge in [0, 0.05) is 12.1 Å². The van der Waals surface area contributed by atoms with Gasteiger partial charge in [0.15, 0.2) is 0 Å². The van der Waals surface area contributed by atoms with Gasteiger partial charge in [-0.2, -0.15) is 0 Å². The van der Waals surface area contributed by atoms with Gasteiger partial charge in [-0.1, -0.05) is 47.1 Å². The van der Waals surface area contributed by atoms with Crippen LogP contribution in [0.5, 0.6) is 0 Å². The van der Waals surface area contributed by atoms with E-state index < -0.39 is 47.1 Å². The number of hydrogen-bond donors (Lipinski definition) is 1. The van der Waals surface area contributed by atoms with Gasteiger partial charge >= 0.3 is 5.97 Å². The number of hydrogen-bond acceptors (Lipinski definition) is 6. The predicted octanol–water partition coefficient (Wildman–Crippen LogP) is 3.56. The molecule has 0 saturated carbocycles. The second-order valence-electron chi connectivity index (χ2n) is 13.0. The van der Waals surface area contributed by atoms with E-state index in [0.29, 0.717) is 19.4 Å². The molecule has 3 saturated heterocycles. The summed E-state index contributed by atoms with van der Waals surface area (Å²) in [6.07, 6.45) is 3.83. The molecule has 0 aliphatic carbocycles. The van der Waals surface area contributed by atoms with Crippen molar-refractivity contribution in [2.75, 3.05) is 19.8 Å². The Labute approximate surface area is 222 Å². The molecule has 1 spiro atoms. The Kier molecular flexibility index (Phi) is 8.55. The van der Waals surface area contributed by atoms with Crippen molar-refractivity contribution in [3.05, 3.63) is 12.7 Å². The Bertz CT molecular complexity index is 895. The number of carbonyl (C=O) groups excluding carboxylic acids is 3. The Balaban J connectivity index is 2.15. The van der Waals surface area contributed by atoms with Crippen LogP contribution in [0.1, 0.15) is 81.1 Å². The van der Waals surface area contributed by atoms with Crippen LogP contribution in [-0.2, 0) is 23.9 Å². The second kappa shape index (κ2) is 10.7. The molecule has 3 aliphatic heterocycles. The zero-order valence-electron chi connectivity index (χ0n) is 24.1. The first kappa shape index (κ1) is 29.6. The van der Waals surface area contributed by atoms with Crippen molar-refractivity contribution in [2.45, 2.75) is 110 Å². The van der Waals surface area contributed by atoms with Crippen molar-refractivity contribution in [1.29, 1.82) is 0 Å². The third kappa shape index (κ3) is 5.08. The largest absolute Gasteiger partial charge is 0.466 e. The van der Waals surface area contributed by atoms with Crippen LogP contribution >= 0.6 is 0 Å². The predicted molar refractivity (Wildman–Crippen MR) is 141 cm³/mol. The standard InChI is InChI=1S/C29H48N2O6/c1-10-15-30(28(8,9)17-27(5,6)7)25(34)23-29-14-13-20(37-29)21(26(35)36-12-3)22(29)24(33)31(23)19(16-32)18(4)11-2/h10,18-23,32H,1,11-17H2,2-9H3/t18-,19-,20-,21+,22+,23-,29+/m0/s1. The fourth-order valence-electron chi connectivity index (χ4n) is 7.35. The van der Waals surface area contributed by atoms with Crippen LogP contribution in [0.25, 0.3) is 0 Å². The van der Waals surface area contributed by atoms with E-state index in [1.807, 2.05) is 32.6 Å². The van der Waals surface area contributed by atoms with Crippen LogP contribution < -0.4 is 0 Å². The maximum absolute atomic E-state index is 14.7. The Morgan fingerprint density at radius 3 is 2.46 bits per heavy atom. The molecule has 1 N–H and O–H groups in total. The number of carbonyl (C=O) groups is 3. The lowest BCUT2D eigenvalue weighted by atomic mass is 9.70. The summed E-state index contributed by atoms with van der Waals surface area (Å²) >= 11 is 0. The van der Waals surface area contributed by atoms with Crippen molar-refractivity contribution < 1.29 is 29.0 Å². The Morgan fingerprint density at radius 2 is 1.95 bits per heavy atom. The van der Waals surface area contributed by atoms with Crippen molar-refractivity contribution in [2.24, 2.45) is 23.2 Å². The monoisotopic (exact) mass is 520 g/mol. The second-order valence-corrected chi connectivity index (χ2v) is 13.0. The molecule has 8 nitrogen and oxygen atoms in total. The normalized spacial score (nSPS) is 30.7. The molecule has 37 heavy (non-hydrogen) atoms. The topological polar surface area (TPSA) is 96.4 Å². The van der Waals surface area contributed by atoms with Crippen LogP contribution in [0.3, 0.4) is 0 Å². The summed E-state index contributed by atoms with van der Waals surface area (Å²) in [7, 11) is 0. The number of nitrogens with zero attached hydrogens (tertiary/aromatic N) is 2. The van der Waals surface area contributed by atoms with Gasteiger partial charge in [0.2, 0.25) is 11.8 Å². The van der Waals surface area contributed by atoms with Gasteiger partial charge in [-0.05, 0) is 51.4 Å². The van der Waals surface area contributed by atoms with Gasteiger partial charge in [-0.15, -0.1) is 6.58 Å². The summed E-state index contributed by atoms with van der Waals surface area (Å²) in [6, 6.07) is -1.49. The highest BCUT2D eigenvalue weighted by molar-refractivity contribution is 5.98. The average Bonchev–Trinajstić information content (AvgIpc) is 3.43. The fraction of sp³-hybridized carbons (Fsp3) is 0.828. The fourth-order valence-corrected chi connectivity index (χ4v) is 7.35. The molecule has 0 radical (unpaired) electrons. The molecular formula is C29H48N2O6. The summed E-state index contributed by atoms with van der Waals surface area (Å²) in [5.74, 6) is -2.53. The minimum Gasteiger partial charge on any atom is -0.466 e. The molecule has 210 valence electrons. The number of aliphatic hydroxyl groups is 1. The number of ether oxygens (including phenoxy) is 2. The van der Waals surface area contributed by atoms with Gasteiger partial charge in [0.05, 0.1) is 37.2 Å². The van der Waals surface area contributed by atoms with Crippen LogP contribution in [0.2, 0.25) is 0 Å². The lowest BCUT2D eigenvalue weighted by Gasteiger charge is -2.47. The first-order valence-electron chi connectivity index (χ1n) is 13.9. The Hall–Kier alpha value is -1.93. The van der Waals surface area contributed by atoms with Crippen molar-refractivity contribution in [1.82, 2.24) is 9.80 Å². The van der Waals surface area contributed by atoms with Crippen LogP contribution in [0, 0.1) is 23.2 Å². The van der Waals surface area contributed by atoms with E-state index in [-0.39, 0.29) is 36.4 Å². The maximum atomic E-state index is 14.7. The highest BCUT2D eigenvalue weighted by Crippen LogP contribution is 2.59. The average molecular weight is 521 g/mol. The first-order chi connectivity index (χ1) is 17.2. The third-order valence-corrected chi connectivity index (χ3v) is 8.65. The van der Waals surface area contributed by atoms with E-state index in [0.717, 1.165) is 12.8 Å².